The molecule has 2 nitrogen and oxygen atoms in total. The van der Waals surface area contributed by atoms with Crippen LogP contribution in [-0.4, -0.2) is 53.0 Å². The van der Waals surface area contributed by atoms with E-state index >= 15 is 0 Å². The Morgan fingerprint density at radius 3 is 0.923 bits per heavy atom. The number of aliphatic hydroxyl groups is 2. The second-order valence-electron chi connectivity index (χ2n) is 3.28. The summed E-state index contributed by atoms with van der Waals surface area (Å²) >= 11 is 0. The number of aliphatic hydroxyl groups excluding tert-OH is 2. The topological polar surface area (TPSA) is 40.5 Å². The summed E-state index contributed by atoms with van der Waals surface area (Å²) in [6.07, 6.45) is 9.30. The zero-order valence-corrected chi connectivity index (χ0v) is 7.97. The van der Waals surface area contributed by atoms with E-state index < -0.39 is 0 Å². The Kier molecular flexibility index (Phi) is 19.4. The quantitative estimate of drug-likeness (QED) is 0.435. The maximum absolute atomic E-state index is 8.51. The predicted molar refractivity (Wildman–Crippen MR) is 58.3 cm³/mol. The second kappa shape index (κ2) is 15.4. The number of rotatable bonds is 9. The summed E-state index contributed by atoms with van der Waals surface area (Å²) in [5, 5.41) is 17.0. The first kappa shape index (κ1) is 16.4. The Bertz CT molecular complexity index is 69.3. The molecule has 13 heavy (non-hydrogen) atoms. The van der Waals surface area contributed by atoms with Crippen LogP contribution in [0.15, 0.2) is 0 Å². The molecule has 0 unspecified atom stereocenters. The van der Waals surface area contributed by atoms with Crippen molar-refractivity contribution in [2.75, 3.05) is 13.2 Å². The fraction of sp³-hybridized carbons (Fsp3) is 1.00. The van der Waals surface area contributed by atoms with Crippen LogP contribution in [-0.2, 0) is 0 Å². The molecule has 0 bridgehead atoms. The number of unbranched alkanes of at least 4 members (excludes halogenated alkanes) is 7. The summed E-state index contributed by atoms with van der Waals surface area (Å²) in [5.74, 6) is 0. The van der Waals surface area contributed by atoms with Crippen LogP contribution in [0, 0.1) is 0 Å². The molecule has 0 aliphatic rings. The van der Waals surface area contributed by atoms with Crippen molar-refractivity contribution >= 4 is 29.6 Å². The summed E-state index contributed by atoms with van der Waals surface area (Å²) < 4.78 is 0. The molecule has 0 aromatic carbocycles. The number of hydrogen-bond acceptors (Lipinski definition) is 2. The van der Waals surface area contributed by atoms with E-state index in [1.54, 1.807) is 0 Å². The van der Waals surface area contributed by atoms with E-state index in [2.05, 4.69) is 0 Å². The van der Waals surface area contributed by atoms with Crippen molar-refractivity contribution in [1.29, 1.82) is 0 Å². The molecule has 3 heteroatoms. The standard InChI is InChI=1S/C10H22O2.Na.H/c11-9-7-5-3-1-2-4-6-8-10-12;;/h11-12H,1-10H2;;. The molecule has 0 aliphatic heterocycles. The van der Waals surface area contributed by atoms with Gasteiger partial charge in [0.05, 0.1) is 0 Å². The van der Waals surface area contributed by atoms with Gasteiger partial charge in [0.15, 0.2) is 0 Å². The Hall–Kier alpha value is 0.920. The normalized spacial score (nSPS) is 9.69. The number of hydrogen-bond donors (Lipinski definition) is 2. The van der Waals surface area contributed by atoms with Gasteiger partial charge in [-0.2, -0.15) is 0 Å². The summed E-state index contributed by atoms with van der Waals surface area (Å²) in [5.41, 5.74) is 0. The van der Waals surface area contributed by atoms with Crippen molar-refractivity contribution in [1.82, 2.24) is 0 Å². The average molecular weight is 198 g/mol. The van der Waals surface area contributed by atoms with Gasteiger partial charge in [-0.05, 0) is 12.8 Å². The predicted octanol–water partition coefficient (Wildman–Crippen LogP) is 1.44. The van der Waals surface area contributed by atoms with Crippen LogP contribution in [0.1, 0.15) is 51.4 Å². The molecular weight excluding hydrogens is 175 g/mol. The molecule has 0 fully saturated rings. The van der Waals surface area contributed by atoms with Gasteiger partial charge >= 0.3 is 29.6 Å². The van der Waals surface area contributed by atoms with Crippen LogP contribution in [0.4, 0.5) is 0 Å². The minimum atomic E-state index is 0. The Balaban J connectivity index is 0. The molecule has 0 radical (unpaired) electrons. The Labute approximate surface area is 104 Å². The third-order valence-corrected chi connectivity index (χ3v) is 2.07. The fourth-order valence-corrected chi connectivity index (χ4v) is 1.28. The van der Waals surface area contributed by atoms with Gasteiger partial charge < -0.3 is 10.2 Å². The van der Waals surface area contributed by atoms with Crippen molar-refractivity contribution < 1.29 is 10.2 Å². The van der Waals surface area contributed by atoms with Crippen LogP contribution in [0.3, 0.4) is 0 Å². The van der Waals surface area contributed by atoms with Crippen molar-refractivity contribution in [3.8, 4) is 0 Å². The van der Waals surface area contributed by atoms with E-state index in [9.17, 15) is 0 Å². The molecule has 0 amide bonds. The minimum absolute atomic E-state index is 0. The van der Waals surface area contributed by atoms with E-state index in [0.717, 1.165) is 25.7 Å². The van der Waals surface area contributed by atoms with Gasteiger partial charge in [0, 0.05) is 13.2 Å². The van der Waals surface area contributed by atoms with Crippen LogP contribution in [0.5, 0.6) is 0 Å². The molecule has 2 N–H and O–H groups in total. The first-order valence-electron chi connectivity index (χ1n) is 5.13. The molecule has 76 valence electrons. The van der Waals surface area contributed by atoms with Gasteiger partial charge in [-0.3, -0.25) is 0 Å². The van der Waals surface area contributed by atoms with Gasteiger partial charge in [-0.1, -0.05) is 38.5 Å². The monoisotopic (exact) mass is 198 g/mol. The summed E-state index contributed by atoms with van der Waals surface area (Å²) in [6, 6.07) is 0. The van der Waals surface area contributed by atoms with Crippen molar-refractivity contribution in [3.05, 3.63) is 0 Å². The Morgan fingerprint density at radius 2 is 0.692 bits per heavy atom. The van der Waals surface area contributed by atoms with E-state index in [0.29, 0.717) is 13.2 Å². The van der Waals surface area contributed by atoms with Crippen LogP contribution >= 0.6 is 0 Å². The summed E-state index contributed by atoms with van der Waals surface area (Å²) in [4.78, 5) is 0. The summed E-state index contributed by atoms with van der Waals surface area (Å²) in [6.45, 7) is 0.676. The van der Waals surface area contributed by atoms with Gasteiger partial charge in [-0.15, -0.1) is 0 Å². The maximum atomic E-state index is 8.51. The SMILES string of the molecule is OCCCCCCCCCCO.[NaH]. The van der Waals surface area contributed by atoms with Crippen molar-refractivity contribution in [2.45, 2.75) is 51.4 Å². The zero-order valence-electron chi connectivity index (χ0n) is 7.97. The average Bonchev–Trinajstić information content (AvgIpc) is 2.10. The van der Waals surface area contributed by atoms with Crippen molar-refractivity contribution in [3.63, 3.8) is 0 Å². The third-order valence-electron chi connectivity index (χ3n) is 2.07. The van der Waals surface area contributed by atoms with Crippen LogP contribution in [0.2, 0.25) is 0 Å². The molecule has 0 aromatic heterocycles. The molecule has 0 aromatic rings. The van der Waals surface area contributed by atoms with Gasteiger partial charge in [-0.25, -0.2) is 0 Å². The molecular formula is C10H23NaO2. The second-order valence-corrected chi connectivity index (χ2v) is 3.28. The van der Waals surface area contributed by atoms with E-state index in [-0.39, 0.29) is 29.6 Å². The first-order valence-corrected chi connectivity index (χ1v) is 5.13. The van der Waals surface area contributed by atoms with Crippen LogP contribution < -0.4 is 0 Å². The molecule has 0 saturated heterocycles. The molecule has 0 aliphatic carbocycles. The van der Waals surface area contributed by atoms with Gasteiger partial charge in [0.2, 0.25) is 0 Å². The van der Waals surface area contributed by atoms with Crippen LogP contribution in [0.25, 0.3) is 0 Å². The van der Waals surface area contributed by atoms with Crippen molar-refractivity contribution in [2.24, 2.45) is 0 Å². The van der Waals surface area contributed by atoms with Gasteiger partial charge in [0.25, 0.3) is 0 Å². The fourth-order valence-electron chi connectivity index (χ4n) is 1.28. The Morgan fingerprint density at radius 1 is 0.462 bits per heavy atom. The first-order chi connectivity index (χ1) is 5.91. The van der Waals surface area contributed by atoms with E-state index in [4.69, 9.17) is 10.2 Å². The zero-order chi connectivity index (χ0) is 9.07. The van der Waals surface area contributed by atoms with E-state index in [1.165, 1.54) is 25.7 Å². The van der Waals surface area contributed by atoms with Gasteiger partial charge in [0.1, 0.15) is 0 Å². The third kappa shape index (κ3) is 15.7. The van der Waals surface area contributed by atoms with E-state index in [1.807, 2.05) is 0 Å². The molecule has 0 spiro atoms. The molecule has 0 rings (SSSR count). The molecule has 0 atom stereocenters. The molecule has 0 heterocycles. The summed E-state index contributed by atoms with van der Waals surface area (Å²) in [7, 11) is 0. The molecule has 0 saturated carbocycles.